The third-order valence-electron chi connectivity index (χ3n) is 3.66. The molecule has 2 aliphatic heterocycles. The van der Waals surface area contributed by atoms with Crippen LogP contribution in [0.5, 0.6) is 0 Å². The molecule has 1 saturated carbocycles. The van der Waals surface area contributed by atoms with E-state index in [1.807, 2.05) is 0 Å². The van der Waals surface area contributed by atoms with Gasteiger partial charge in [-0.05, 0) is 12.8 Å². The first-order valence-electron chi connectivity index (χ1n) is 7.33. The van der Waals surface area contributed by atoms with E-state index in [2.05, 4.69) is 20.0 Å². The molecule has 20 heavy (non-hydrogen) atoms. The summed E-state index contributed by atoms with van der Waals surface area (Å²) in [5, 5.41) is 0. The molecule has 1 aliphatic carbocycles. The van der Waals surface area contributed by atoms with E-state index >= 15 is 0 Å². The average molecular weight is 276 g/mol. The Hall–Kier alpha value is -1.72. The lowest BCUT2D eigenvalue weighted by molar-refractivity contribution is 0.351. The highest BCUT2D eigenvalue weighted by Gasteiger charge is 2.24. The third kappa shape index (κ3) is 3.43. The standard InChI is InChI=1S/C14H20N4O2/c1-2-4-12(18-10-14-16-6-8-20-14)11(3-1)17-9-13-15-5-7-19-13/h9-12H,1-8H2. The zero-order chi connectivity index (χ0) is 13.6. The van der Waals surface area contributed by atoms with Crippen molar-refractivity contribution in [1.29, 1.82) is 0 Å². The van der Waals surface area contributed by atoms with E-state index in [1.165, 1.54) is 12.8 Å². The van der Waals surface area contributed by atoms with Crippen LogP contribution in [-0.2, 0) is 9.47 Å². The molecular formula is C14H20N4O2. The van der Waals surface area contributed by atoms with E-state index < -0.39 is 0 Å². The van der Waals surface area contributed by atoms with Gasteiger partial charge in [0.25, 0.3) is 0 Å². The highest BCUT2D eigenvalue weighted by Crippen LogP contribution is 2.23. The fourth-order valence-corrected chi connectivity index (χ4v) is 2.62. The van der Waals surface area contributed by atoms with E-state index in [0.29, 0.717) is 25.0 Å². The summed E-state index contributed by atoms with van der Waals surface area (Å²) in [6.07, 6.45) is 8.07. The van der Waals surface area contributed by atoms with Gasteiger partial charge in [-0.15, -0.1) is 0 Å². The zero-order valence-electron chi connectivity index (χ0n) is 11.6. The first-order chi connectivity index (χ1) is 9.92. The number of hydrogen-bond acceptors (Lipinski definition) is 6. The molecule has 108 valence electrons. The van der Waals surface area contributed by atoms with Gasteiger partial charge in [-0.3, -0.25) is 9.98 Å². The summed E-state index contributed by atoms with van der Waals surface area (Å²) in [4.78, 5) is 17.7. The van der Waals surface area contributed by atoms with E-state index in [4.69, 9.17) is 9.47 Å². The third-order valence-corrected chi connectivity index (χ3v) is 3.66. The molecule has 0 spiro atoms. The fourth-order valence-electron chi connectivity index (χ4n) is 2.62. The van der Waals surface area contributed by atoms with Gasteiger partial charge < -0.3 is 9.47 Å². The topological polar surface area (TPSA) is 67.9 Å². The van der Waals surface area contributed by atoms with E-state index in [0.717, 1.165) is 25.9 Å². The summed E-state index contributed by atoms with van der Waals surface area (Å²) in [6, 6.07) is 0.433. The fraction of sp³-hybridized carbons (Fsp3) is 0.714. The lowest BCUT2D eigenvalue weighted by atomic mass is 9.91. The molecule has 0 aromatic rings. The number of rotatable bonds is 4. The Balaban J connectivity index is 1.61. The van der Waals surface area contributed by atoms with Crippen LogP contribution >= 0.6 is 0 Å². The van der Waals surface area contributed by atoms with Crippen LogP contribution < -0.4 is 0 Å². The highest BCUT2D eigenvalue weighted by atomic mass is 16.5. The molecule has 1 fully saturated rings. The molecule has 0 aromatic carbocycles. The minimum absolute atomic E-state index is 0.217. The van der Waals surface area contributed by atoms with Crippen LogP contribution in [0.2, 0.25) is 0 Å². The maximum absolute atomic E-state index is 5.34. The van der Waals surface area contributed by atoms with Crippen molar-refractivity contribution in [3.8, 4) is 0 Å². The first kappa shape index (κ1) is 13.3. The number of ether oxygens (including phenoxy) is 2. The zero-order valence-corrected chi connectivity index (χ0v) is 11.6. The highest BCUT2D eigenvalue weighted by molar-refractivity contribution is 6.27. The minimum atomic E-state index is 0.217. The molecule has 3 rings (SSSR count). The van der Waals surface area contributed by atoms with Gasteiger partial charge in [-0.1, -0.05) is 12.8 Å². The summed E-state index contributed by atoms with van der Waals surface area (Å²) >= 11 is 0. The van der Waals surface area contributed by atoms with Crippen molar-refractivity contribution in [3.63, 3.8) is 0 Å². The molecular weight excluding hydrogens is 256 g/mol. The van der Waals surface area contributed by atoms with Gasteiger partial charge in [0.1, 0.15) is 13.2 Å². The van der Waals surface area contributed by atoms with Crippen molar-refractivity contribution < 1.29 is 9.47 Å². The van der Waals surface area contributed by atoms with E-state index in [1.54, 1.807) is 12.4 Å². The molecule has 2 atom stereocenters. The van der Waals surface area contributed by atoms with Crippen LogP contribution in [0.25, 0.3) is 0 Å². The normalized spacial score (nSPS) is 30.4. The lowest BCUT2D eigenvalue weighted by Crippen LogP contribution is -2.28. The van der Waals surface area contributed by atoms with Gasteiger partial charge >= 0.3 is 0 Å². The predicted molar refractivity (Wildman–Crippen MR) is 79.5 cm³/mol. The summed E-state index contributed by atoms with van der Waals surface area (Å²) < 4.78 is 10.7. The second kappa shape index (κ2) is 6.63. The summed E-state index contributed by atoms with van der Waals surface area (Å²) in [6.45, 7) is 2.82. The molecule has 0 bridgehead atoms. The van der Waals surface area contributed by atoms with Gasteiger partial charge in [0.15, 0.2) is 0 Å². The van der Waals surface area contributed by atoms with Crippen LogP contribution in [0.15, 0.2) is 20.0 Å². The van der Waals surface area contributed by atoms with Crippen molar-refractivity contribution in [3.05, 3.63) is 0 Å². The van der Waals surface area contributed by atoms with Gasteiger partial charge in [0.2, 0.25) is 11.8 Å². The van der Waals surface area contributed by atoms with Gasteiger partial charge in [0, 0.05) is 0 Å². The Kier molecular flexibility index (Phi) is 4.40. The van der Waals surface area contributed by atoms with Crippen molar-refractivity contribution in [1.82, 2.24) is 0 Å². The quantitative estimate of drug-likeness (QED) is 0.726. The molecule has 0 radical (unpaired) electrons. The smallest absolute Gasteiger partial charge is 0.227 e. The van der Waals surface area contributed by atoms with Crippen molar-refractivity contribution >= 4 is 24.2 Å². The van der Waals surface area contributed by atoms with Crippen molar-refractivity contribution in [2.24, 2.45) is 20.0 Å². The first-order valence-corrected chi connectivity index (χ1v) is 7.33. The molecule has 0 saturated heterocycles. The second-order valence-electron chi connectivity index (χ2n) is 5.11. The molecule has 6 nitrogen and oxygen atoms in total. The number of nitrogens with zero attached hydrogens (tertiary/aromatic N) is 4. The Bertz CT molecular complexity index is 414. The van der Waals surface area contributed by atoms with E-state index in [-0.39, 0.29) is 12.1 Å². The van der Waals surface area contributed by atoms with Crippen LogP contribution in [0, 0.1) is 0 Å². The van der Waals surface area contributed by atoms with Crippen molar-refractivity contribution in [2.45, 2.75) is 37.8 Å². The largest absolute Gasteiger partial charge is 0.475 e. The number of aliphatic imine (C=N–C) groups is 4. The molecule has 0 aromatic heterocycles. The monoisotopic (exact) mass is 276 g/mol. The second-order valence-corrected chi connectivity index (χ2v) is 5.11. The van der Waals surface area contributed by atoms with Gasteiger partial charge in [-0.25, -0.2) is 9.98 Å². The molecule has 2 unspecified atom stereocenters. The number of hydrogen-bond donors (Lipinski definition) is 0. The molecule has 0 amide bonds. The summed E-state index contributed by atoms with van der Waals surface area (Å²) in [5.74, 6) is 1.31. The SMILES string of the molecule is C(=NC1CCCCC1N=CC1=NCCO1)C1=NCCO1. The maximum atomic E-state index is 5.34. The van der Waals surface area contributed by atoms with Crippen LogP contribution in [0.4, 0.5) is 0 Å². The Morgan fingerprint density at radius 3 is 1.75 bits per heavy atom. The summed E-state index contributed by atoms with van der Waals surface area (Å²) in [5.41, 5.74) is 0. The summed E-state index contributed by atoms with van der Waals surface area (Å²) in [7, 11) is 0. The molecule has 6 heteroatoms. The van der Waals surface area contributed by atoms with Crippen molar-refractivity contribution in [2.75, 3.05) is 26.3 Å². The Morgan fingerprint density at radius 1 is 0.850 bits per heavy atom. The van der Waals surface area contributed by atoms with Gasteiger partial charge in [0.05, 0.1) is 37.6 Å². The maximum Gasteiger partial charge on any atom is 0.227 e. The van der Waals surface area contributed by atoms with Gasteiger partial charge in [-0.2, -0.15) is 0 Å². The van der Waals surface area contributed by atoms with Crippen LogP contribution in [-0.4, -0.2) is 62.6 Å². The molecule has 2 heterocycles. The van der Waals surface area contributed by atoms with Crippen LogP contribution in [0.1, 0.15) is 25.7 Å². The van der Waals surface area contributed by atoms with Crippen LogP contribution in [0.3, 0.4) is 0 Å². The molecule has 0 N–H and O–H groups in total. The average Bonchev–Trinajstić information content (AvgIpc) is 3.17. The molecule has 3 aliphatic rings. The van der Waals surface area contributed by atoms with E-state index in [9.17, 15) is 0 Å². The Labute approximate surface area is 118 Å². The minimum Gasteiger partial charge on any atom is -0.475 e. The predicted octanol–water partition coefficient (Wildman–Crippen LogP) is 1.30. The lowest BCUT2D eigenvalue weighted by Gasteiger charge is -2.25. The Morgan fingerprint density at radius 2 is 1.35 bits per heavy atom.